The van der Waals surface area contributed by atoms with Crippen molar-refractivity contribution in [2.45, 2.75) is 6.42 Å². The molecule has 0 saturated heterocycles. The first-order chi connectivity index (χ1) is 6.72. The van der Waals surface area contributed by atoms with Gasteiger partial charge in [-0.25, -0.2) is 0 Å². The smallest absolute Gasteiger partial charge is 0.243 e. The van der Waals surface area contributed by atoms with Crippen molar-refractivity contribution in [1.82, 2.24) is 5.32 Å². The van der Waals surface area contributed by atoms with E-state index in [-0.39, 0.29) is 11.7 Å². The van der Waals surface area contributed by atoms with Gasteiger partial charge in [0, 0.05) is 6.54 Å². The monoisotopic (exact) mass is 191 g/mol. The molecule has 2 N–H and O–H groups in total. The molecule has 1 aromatic rings. The summed E-state index contributed by atoms with van der Waals surface area (Å²) in [4.78, 5) is 10.8. The van der Waals surface area contributed by atoms with Gasteiger partial charge in [0.2, 0.25) is 5.91 Å². The molecular weight excluding hydrogens is 178 g/mol. The van der Waals surface area contributed by atoms with Crippen LogP contribution in [0.2, 0.25) is 0 Å². The number of amides is 1. The van der Waals surface area contributed by atoms with E-state index in [2.05, 4.69) is 11.9 Å². The second-order valence-electron chi connectivity index (χ2n) is 2.92. The maximum Gasteiger partial charge on any atom is 0.243 e. The number of rotatable bonds is 4. The maximum atomic E-state index is 10.8. The van der Waals surface area contributed by atoms with Crippen LogP contribution in [0, 0.1) is 0 Å². The number of hydrogen-bond acceptors (Lipinski definition) is 2. The van der Waals surface area contributed by atoms with E-state index >= 15 is 0 Å². The van der Waals surface area contributed by atoms with E-state index in [1.54, 1.807) is 18.2 Å². The molecule has 1 rings (SSSR count). The first kappa shape index (κ1) is 10.3. The number of phenols is 1. The Morgan fingerprint density at radius 3 is 3.00 bits per heavy atom. The highest BCUT2D eigenvalue weighted by atomic mass is 16.3. The minimum absolute atomic E-state index is 0.176. The molecule has 0 unspecified atom stereocenters. The van der Waals surface area contributed by atoms with Gasteiger partial charge in [-0.15, -0.1) is 0 Å². The molecule has 0 aliphatic carbocycles. The molecule has 3 nitrogen and oxygen atoms in total. The Bertz CT molecular complexity index is 334. The Balaban J connectivity index is 2.38. The van der Waals surface area contributed by atoms with E-state index in [1.165, 1.54) is 6.08 Å². The largest absolute Gasteiger partial charge is 0.508 e. The summed E-state index contributed by atoms with van der Waals surface area (Å²) in [5.41, 5.74) is 0.995. The van der Waals surface area contributed by atoms with E-state index < -0.39 is 0 Å². The molecule has 0 fully saturated rings. The van der Waals surface area contributed by atoms with Gasteiger partial charge >= 0.3 is 0 Å². The van der Waals surface area contributed by atoms with Crippen LogP contribution in [-0.4, -0.2) is 17.6 Å². The van der Waals surface area contributed by atoms with Crippen molar-refractivity contribution in [3.8, 4) is 5.75 Å². The lowest BCUT2D eigenvalue weighted by Crippen LogP contribution is -2.23. The van der Waals surface area contributed by atoms with Crippen LogP contribution < -0.4 is 5.32 Å². The minimum atomic E-state index is -0.176. The standard InChI is InChI=1S/C11H13NO2/c1-2-11(14)12-7-6-9-4-3-5-10(13)8-9/h2-5,8,13H,1,6-7H2,(H,12,14). The van der Waals surface area contributed by atoms with Crippen molar-refractivity contribution in [3.05, 3.63) is 42.5 Å². The molecule has 0 atom stereocenters. The summed E-state index contributed by atoms with van der Waals surface area (Å²) in [5.74, 6) is 0.0719. The maximum absolute atomic E-state index is 10.8. The van der Waals surface area contributed by atoms with Gasteiger partial charge in [0.1, 0.15) is 5.75 Å². The summed E-state index contributed by atoms with van der Waals surface area (Å²) in [7, 11) is 0. The van der Waals surface area contributed by atoms with Gasteiger partial charge in [0.05, 0.1) is 0 Å². The zero-order chi connectivity index (χ0) is 10.4. The van der Waals surface area contributed by atoms with E-state index in [0.29, 0.717) is 13.0 Å². The van der Waals surface area contributed by atoms with Crippen LogP contribution in [-0.2, 0) is 11.2 Å². The first-order valence-electron chi connectivity index (χ1n) is 4.40. The Kier molecular flexibility index (Phi) is 3.73. The SMILES string of the molecule is C=CC(=O)NCCc1cccc(O)c1. The quantitative estimate of drug-likeness (QED) is 0.703. The van der Waals surface area contributed by atoms with Crippen molar-refractivity contribution in [2.24, 2.45) is 0 Å². The molecular formula is C11H13NO2. The second-order valence-corrected chi connectivity index (χ2v) is 2.92. The van der Waals surface area contributed by atoms with Crippen LogP contribution in [0.15, 0.2) is 36.9 Å². The predicted molar refractivity (Wildman–Crippen MR) is 55.0 cm³/mol. The average Bonchev–Trinajstić information content (AvgIpc) is 2.17. The number of phenolic OH excluding ortho intramolecular Hbond substituents is 1. The highest BCUT2D eigenvalue weighted by Gasteiger charge is 1.96. The van der Waals surface area contributed by atoms with Gasteiger partial charge < -0.3 is 10.4 Å². The van der Waals surface area contributed by atoms with Gasteiger partial charge in [0.25, 0.3) is 0 Å². The Morgan fingerprint density at radius 2 is 2.36 bits per heavy atom. The third-order valence-corrected chi connectivity index (χ3v) is 1.81. The molecule has 0 spiro atoms. The molecule has 1 amide bonds. The van der Waals surface area contributed by atoms with Crippen molar-refractivity contribution in [2.75, 3.05) is 6.54 Å². The molecule has 3 heteroatoms. The zero-order valence-electron chi connectivity index (χ0n) is 7.86. The van der Waals surface area contributed by atoms with E-state index in [9.17, 15) is 4.79 Å². The Hall–Kier alpha value is -1.77. The average molecular weight is 191 g/mol. The molecule has 0 heterocycles. The summed E-state index contributed by atoms with van der Waals surface area (Å²) < 4.78 is 0. The van der Waals surface area contributed by atoms with E-state index in [4.69, 9.17) is 5.11 Å². The first-order valence-corrected chi connectivity index (χ1v) is 4.40. The molecule has 14 heavy (non-hydrogen) atoms. The molecule has 0 aliphatic heterocycles. The number of nitrogens with one attached hydrogen (secondary N) is 1. The van der Waals surface area contributed by atoms with Crippen molar-refractivity contribution in [1.29, 1.82) is 0 Å². The topological polar surface area (TPSA) is 49.3 Å². The normalized spacial score (nSPS) is 9.43. The molecule has 0 saturated carbocycles. The van der Waals surface area contributed by atoms with Crippen LogP contribution >= 0.6 is 0 Å². The van der Waals surface area contributed by atoms with Gasteiger partial charge in [-0.1, -0.05) is 18.7 Å². The molecule has 0 bridgehead atoms. The zero-order valence-corrected chi connectivity index (χ0v) is 7.86. The number of carbonyl (C=O) groups is 1. The highest BCUT2D eigenvalue weighted by molar-refractivity contribution is 5.86. The molecule has 1 aromatic carbocycles. The number of benzene rings is 1. The van der Waals surface area contributed by atoms with Crippen LogP contribution in [0.25, 0.3) is 0 Å². The lowest BCUT2D eigenvalue weighted by molar-refractivity contribution is -0.116. The third kappa shape index (κ3) is 3.31. The summed E-state index contributed by atoms with van der Waals surface area (Å²) in [5, 5.41) is 11.8. The summed E-state index contributed by atoms with van der Waals surface area (Å²) in [6.45, 7) is 3.90. The number of hydrogen-bond donors (Lipinski definition) is 2. The fraction of sp³-hybridized carbons (Fsp3) is 0.182. The number of carbonyl (C=O) groups excluding carboxylic acids is 1. The minimum Gasteiger partial charge on any atom is -0.508 e. The summed E-state index contributed by atoms with van der Waals surface area (Å²) >= 11 is 0. The lowest BCUT2D eigenvalue weighted by Gasteiger charge is -2.02. The summed E-state index contributed by atoms with van der Waals surface area (Å²) in [6, 6.07) is 6.98. The molecule has 74 valence electrons. The lowest BCUT2D eigenvalue weighted by atomic mass is 10.1. The van der Waals surface area contributed by atoms with Gasteiger partial charge in [0.15, 0.2) is 0 Å². The van der Waals surface area contributed by atoms with Crippen LogP contribution in [0.5, 0.6) is 5.75 Å². The van der Waals surface area contributed by atoms with Gasteiger partial charge in [-0.05, 0) is 30.2 Å². The highest BCUT2D eigenvalue weighted by Crippen LogP contribution is 2.10. The van der Waals surface area contributed by atoms with Crippen LogP contribution in [0.3, 0.4) is 0 Å². The molecule has 0 aromatic heterocycles. The van der Waals surface area contributed by atoms with Crippen molar-refractivity contribution >= 4 is 5.91 Å². The second kappa shape index (κ2) is 5.07. The fourth-order valence-corrected chi connectivity index (χ4v) is 1.11. The van der Waals surface area contributed by atoms with E-state index in [0.717, 1.165) is 5.56 Å². The molecule has 0 radical (unpaired) electrons. The predicted octanol–water partition coefficient (Wildman–Crippen LogP) is 1.24. The fourth-order valence-electron chi connectivity index (χ4n) is 1.11. The Labute approximate surface area is 83.1 Å². The van der Waals surface area contributed by atoms with Gasteiger partial charge in [-0.2, -0.15) is 0 Å². The van der Waals surface area contributed by atoms with Crippen LogP contribution in [0.1, 0.15) is 5.56 Å². The van der Waals surface area contributed by atoms with Crippen molar-refractivity contribution < 1.29 is 9.90 Å². The van der Waals surface area contributed by atoms with Crippen LogP contribution in [0.4, 0.5) is 0 Å². The summed E-state index contributed by atoms with van der Waals surface area (Å²) in [6.07, 6.45) is 1.94. The third-order valence-electron chi connectivity index (χ3n) is 1.81. The van der Waals surface area contributed by atoms with Crippen molar-refractivity contribution in [3.63, 3.8) is 0 Å². The van der Waals surface area contributed by atoms with E-state index in [1.807, 2.05) is 6.07 Å². The van der Waals surface area contributed by atoms with Gasteiger partial charge in [-0.3, -0.25) is 4.79 Å². The number of aromatic hydroxyl groups is 1. The molecule has 0 aliphatic rings. The Morgan fingerprint density at radius 1 is 1.57 bits per heavy atom.